The number of hydrogen-bond acceptors (Lipinski definition) is 9. The van der Waals surface area contributed by atoms with Gasteiger partial charge in [0.1, 0.15) is 16.1 Å². The van der Waals surface area contributed by atoms with E-state index in [9.17, 15) is 22.6 Å². The molecule has 1 aliphatic carbocycles. The number of rotatable bonds is 8. The van der Waals surface area contributed by atoms with Gasteiger partial charge in [-0.2, -0.15) is 0 Å². The molecule has 1 heterocycles. The maximum atomic E-state index is 12.4. The number of hydrogen-bond donors (Lipinski definition) is 1. The maximum Gasteiger partial charge on any atom is 1.00 e. The monoisotopic (exact) mass is 445 g/mol. The molecule has 0 aliphatic heterocycles. The molecule has 2 rings (SSSR count). The average molecular weight is 446 g/mol. The van der Waals surface area contributed by atoms with Gasteiger partial charge in [0.15, 0.2) is 15.3 Å². The van der Waals surface area contributed by atoms with Gasteiger partial charge in [0.05, 0.1) is 12.2 Å². The minimum absolute atomic E-state index is 0. The van der Waals surface area contributed by atoms with Crippen molar-refractivity contribution >= 4 is 48.4 Å². The molecule has 0 spiro atoms. The van der Waals surface area contributed by atoms with Gasteiger partial charge in [0.2, 0.25) is 0 Å². The van der Waals surface area contributed by atoms with Crippen LogP contribution in [-0.2, 0) is 35.7 Å². The Balaban J connectivity index is 0.00000364. The van der Waals surface area contributed by atoms with Crippen molar-refractivity contribution in [1.29, 1.82) is 0 Å². The van der Waals surface area contributed by atoms with Gasteiger partial charge in [-0.25, -0.2) is 13.2 Å². The first-order valence-electron chi connectivity index (χ1n) is 8.20. The normalized spacial score (nSPS) is 14.6. The second kappa shape index (κ2) is 11.1. The van der Waals surface area contributed by atoms with Gasteiger partial charge in [-0.1, -0.05) is 6.92 Å². The van der Waals surface area contributed by atoms with E-state index in [0.717, 1.165) is 36.1 Å². The summed E-state index contributed by atoms with van der Waals surface area (Å²) in [5.74, 6) is -1.11. The fraction of sp³-hybridized carbons (Fsp3) is 0.600. The summed E-state index contributed by atoms with van der Waals surface area (Å²) in [7, 11) is -4.67. The van der Waals surface area contributed by atoms with E-state index in [1.54, 1.807) is 13.8 Å². The second-order valence-electron chi connectivity index (χ2n) is 5.59. The van der Waals surface area contributed by atoms with E-state index < -0.39 is 27.1 Å². The van der Waals surface area contributed by atoms with E-state index in [2.05, 4.69) is 5.32 Å². The van der Waals surface area contributed by atoms with Crippen LogP contribution >= 0.6 is 22.4 Å². The Kier molecular flexibility index (Phi) is 10.3. The number of aryl methyl sites for hydroxylation is 1. The topological polar surface area (TPSA) is 122 Å². The molecule has 1 aromatic rings. The fourth-order valence-electron chi connectivity index (χ4n) is 2.66. The van der Waals surface area contributed by atoms with E-state index in [4.69, 9.17) is 8.92 Å². The van der Waals surface area contributed by atoms with Crippen LogP contribution in [0, 0.1) is 0 Å². The molecule has 1 unspecified atom stereocenters. The summed E-state index contributed by atoms with van der Waals surface area (Å²) in [4.78, 5) is 25.8. The summed E-state index contributed by atoms with van der Waals surface area (Å²) in [5.41, 5.74) is 1.26. The summed E-state index contributed by atoms with van der Waals surface area (Å²) >= 11 is 1.04. The van der Waals surface area contributed by atoms with Crippen LogP contribution in [0.2, 0.25) is 0 Å². The van der Waals surface area contributed by atoms with Crippen molar-refractivity contribution in [3.8, 4) is 0 Å². The Morgan fingerprint density at radius 1 is 1.30 bits per heavy atom. The van der Waals surface area contributed by atoms with Crippen molar-refractivity contribution in [2.24, 2.45) is 0 Å². The maximum absolute atomic E-state index is 12.4. The molecule has 1 aliphatic rings. The molecule has 0 fully saturated rings. The Morgan fingerprint density at radius 3 is 2.56 bits per heavy atom. The molecule has 12 heteroatoms. The smallest absolute Gasteiger partial charge is 0.738 e. The predicted molar refractivity (Wildman–Crippen MR) is 98.0 cm³/mol. The molecule has 1 amide bonds. The molecule has 8 nitrogen and oxygen atoms in total. The van der Waals surface area contributed by atoms with Crippen molar-refractivity contribution in [2.75, 3.05) is 11.9 Å². The molecule has 27 heavy (non-hydrogen) atoms. The fourth-order valence-corrected chi connectivity index (χ4v) is 4.93. The molecule has 0 saturated heterocycles. The van der Waals surface area contributed by atoms with Crippen molar-refractivity contribution < 1.29 is 61.0 Å². The summed E-state index contributed by atoms with van der Waals surface area (Å²) in [5, 5.41) is 3.01. The Bertz CT molecular complexity index is 779. The number of anilines is 1. The molecule has 0 aromatic carbocycles. The first-order chi connectivity index (χ1) is 12.3. The molecular formula is C15H20NNaO7S3. The molecule has 1 N–H and O–H groups in total. The minimum Gasteiger partial charge on any atom is -0.738 e. The number of fused-ring (bicyclic) bond motifs is 1. The average Bonchev–Trinajstić information content (AvgIpc) is 2.92. The molecule has 1 aromatic heterocycles. The van der Waals surface area contributed by atoms with E-state index in [-0.39, 0.29) is 53.7 Å². The SMILES string of the molecule is CCOC(=O)c1c(NC(=O)C(CC)OSS(=O)(=O)[O-])sc2c1CCCC2.[Na+]. The number of esters is 1. The molecule has 0 bridgehead atoms. The summed E-state index contributed by atoms with van der Waals surface area (Å²) in [6.45, 7) is 3.54. The van der Waals surface area contributed by atoms with Crippen LogP contribution in [0.5, 0.6) is 0 Å². The van der Waals surface area contributed by atoms with Crippen molar-refractivity contribution in [3.05, 3.63) is 16.0 Å². The zero-order valence-corrected chi connectivity index (χ0v) is 19.9. The second-order valence-corrected chi connectivity index (χ2v) is 9.48. The van der Waals surface area contributed by atoms with Gasteiger partial charge in [-0.05, 0) is 44.6 Å². The number of ether oxygens (including phenoxy) is 1. The van der Waals surface area contributed by atoms with E-state index in [1.165, 1.54) is 11.3 Å². The molecule has 0 saturated carbocycles. The zero-order chi connectivity index (χ0) is 19.3. The third-order valence-electron chi connectivity index (χ3n) is 3.79. The van der Waals surface area contributed by atoms with E-state index >= 15 is 0 Å². The molecule has 1 atom stereocenters. The van der Waals surface area contributed by atoms with Gasteiger partial charge >= 0.3 is 35.5 Å². The van der Waals surface area contributed by atoms with Crippen molar-refractivity contribution in [2.45, 2.75) is 52.1 Å². The molecule has 146 valence electrons. The third kappa shape index (κ3) is 7.00. The molecular weight excluding hydrogens is 425 g/mol. The number of carbonyl (C=O) groups is 2. The third-order valence-corrected chi connectivity index (χ3v) is 6.21. The minimum atomic E-state index is -4.67. The first-order valence-corrected chi connectivity index (χ1v) is 11.7. The predicted octanol–water partition coefficient (Wildman–Crippen LogP) is -0.350. The van der Waals surface area contributed by atoms with Crippen LogP contribution in [0.25, 0.3) is 0 Å². The van der Waals surface area contributed by atoms with Crippen LogP contribution < -0.4 is 34.9 Å². The number of amides is 1. The van der Waals surface area contributed by atoms with E-state index in [0.29, 0.717) is 10.6 Å². The number of carbonyl (C=O) groups excluding carboxylic acids is 2. The van der Waals surface area contributed by atoms with Crippen LogP contribution in [-0.4, -0.2) is 37.6 Å². The van der Waals surface area contributed by atoms with Crippen LogP contribution in [0.3, 0.4) is 0 Å². The summed E-state index contributed by atoms with van der Waals surface area (Å²) in [6, 6.07) is 0. The van der Waals surface area contributed by atoms with Crippen molar-refractivity contribution in [1.82, 2.24) is 0 Å². The molecule has 0 radical (unpaired) electrons. The van der Waals surface area contributed by atoms with Crippen LogP contribution in [0.1, 0.15) is 53.9 Å². The Labute approximate surface area is 188 Å². The van der Waals surface area contributed by atoms with Gasteiger partial charge in [-0.3, -0.25) is 8.98 Å². The van der Waals surface area contributed by atoms with Gasteiger partial charge in [-0.15, -0.1) is 11.3 Å². The van der Waals surface area contributed by atoms with Crippen LogP contribution in [0.4, 0.5) is 5.00 Å². The van der Waals surface area contributed by atoms with Crippen LogP contribution in [0.15, 0.2) is 0 Å². The summed E-state index contributed by atoms with van der Waals surface area (Å²) < 4.78 is 42.0. The quantitative estimate of drug-likeness (QED) is 0.189. The standard InChI is InChI=1S/C15H21NO7S3.Na/c1-3-10(23-25-26(19,20)21)13(17)16-14-12(15(18)22-4-2)9-7-5-6-8-11(9)24-14;/h10H,3-8H2,1-2H3,(H,16,17)(H,19,20,21);/q;+1/p-1. The van der Waals surface area contributed by atoms with Gasteiger partial charge in [0.25, 0.3) is 5.91 Å². The Morgan fingerprint density at radius 2 is 1.96 bits per heavy atom. The summed E-state index contributed by atoms with van der Waals surface area (Å²) in [6.07, 6.45) is 2.57. The number of thiophene rings is 1. The van der Waals surface area contributed by atoms with Crippen molar-refractivity contribution in [3.63, 3.8) is 0 Å². The van der Waals surface area contributed by atoms with Gasteiger partial charge < -0.3 is 14.6 Å². The Hall–Kier alpha value is -0.140. The van der Waals surface area contributed by atoms with Gasteiger partial charge in [0, 0.05) is 4.88 Å². The van der Waals surface area contributed by atoms with E-state index in [1.807, 2.05) is 0 Å². The number of nitrogens with one attached hydrogen (secondary N) is 1. The first kappa shape index (κ1) is 24.9. The zero-order valence-electron chi connectivity index (χ0n) is 15.4. The largest absolute Gasteiger partial charge is 1.00 e.